The molecule has 1 aliphatic rings. The van der Waals surface area contributed by atoms with Gasteiger partial charge in [0.25, 0.3) is 0 Å². The van der Waals surface area contributed by atoms with Crippen LogP contribution in [-0.4, -0.2) is 21.5 Å². The first-order valence-corrected chi connectivity index (χ1v) is 4.66. The first-order valence-electron chi connectivity index (χ1n) is 4.66. The monoisotopic (exact) mass is 186 g/mol. The molecule has 70 valence electrons. The van der Waals surface area contributed by atoms with Crippen LogP contribution in [0.5, 0.6) is 0 Å². The van der Waals surface area contributed by atoms with Crippen LogP contribution in [0.1, 0.15) is 12.0 Å². The van der Waals surface area contributed by atoms with E-state index in [1.54, 1.807) is 6.33 Å². The fraction of sp³-hybridized carbons (Fsp3) is 0.200. The Morgan fingerprint density at radius 1 is 1.36 bits per heavy atom. The van der Waals surface area contributed by atoms with Gasteiger partial charge >= 0.3 is 0 Å². The van der Waals surface area contributed by atoms with Crippen LogP contribution in [0.25, 0.3) is 16.7 Å². The zero-order chi connectivity index (χ0) is 9.38. The Bertz CT molecular complexity index is 498. The molecule has 2 aromatic heterocycles. The maximum atomic E-state index is 4.15. The van der Waals surface area contributed by atoms with Crippen LogP contribution in [0.2, 0.25) is 0 Å². The molecule has 0 saturated carbocycles. The van der Waals surface area contributed by atoms with Gasteiger partial charge in [0.05, 0.1) is 0 Å². The van der Waals surface area contributed by atoms with Crippen molar-refractivity contribution in [3.63, 3.8) is 0 Å². The van der Waals surface area contributed by atoms with E-state index in [1.807, 2.05) is 12.4 Å². The first-order chi connectivity index (χ1) is 6.95. The standard InChI is InChI=1S/C10H10N4/c1-2-9(12-3-1)7-5-13-10-8(7)4-11-6-14-10/h2,4-6,12H,1,3H2,(H,11,13,14). The van der Waals surface area contributed by atoms with Gasteiger partial charge < -0.3 is 10.3 Å². The molecule has 14 heavy (non-hydrogen) atoms. The number of H-pyrrole nitrogens is 1. The van der Waals surface area contributed by atoms with Crippen molar-refractivity contribution in [2.24, 2.45) is 0 Å². The molecule has 4 heteroatoms. The van der Waals surface area contributed by atoms with Gasteiger partial charge in [-0.1, -0.05) is 6.08 Å². The summed E-state index contributed by atoms with van der Waals surface area (Å²) in [5.74, 6) is 0. The molecule has 0 aromatic carbocycles. The van der Waals surface area contributed by atoms with E-state index in [0.717, 1.165) is 29.6 Å². The molecule has 0 bridgehead atoms. The number of aromatic nitrogens is 3. The molecule has 2 N–H and O–H groups in total. The molecule has 2 aromatic rings. The summed E-state index contributed by atoms with van der Waals surface area (Å²) >= 11 is 0. The van der Waals surface area contributed by atoms with Crippen molar-refractivity contribution in [2.45, 2.75) is 6.42 Å². The van der Waals surface area contributed by atoms with Crippen LogP contribution in [0.4, 0.5) is 0 Å². The Balaban J connectivity index is 2.21. The second-order valence-corrected chi connectivity index (χ2v) is 3.32. The lowest BCUT2D eigenvalue weighted by Gasteiger charge is -2.00. The number of fused-ring (bicyclic) bond motifs is 1. The highest BCUT2D eigenvalue weighted by atomic mass is 14.9. The van der Waals surface area contributed by atoms with E-state index in [1.165, 1.54) is 5.70 Å². The summed E-state index contributed by atoms with van der Waals surface area (Å²) in [6.45, 7) is 1.02. The third-order valence-electron chi connectivity index (χ3n) is 2.45. The van der Waals surface area contributed by atoms with Crippen molar-refractivity contribution >= 4 is 16.7 Å². The number of aromatic amines is 1. The van der Waals surface area contributed by atoms with Gasteiger partial charge in [0.15, 0.2) is 0 Å². The molecule has 4 nitrogen and oxygen atoms in total. The van der Waals surface area contributed by atoms with E-state index in [-0.39, 0.29) is 0 Å². The molecule has 0 unspecified atom stereocenters. The smallest absolute Gasteiger partial charge is 0.141 e. The van der Waals surface area contributed by atoms with Gasteiger partial charge in [0.1, 0.15) is 12.0 Å². The van der Waals surface area contributed by atoms with Crippen molar-refractivity contribution in [1.82, 2.24) is 20.3 Å². The molecule has 3 heterocycles. The van der Waals surface area contributed by atoms with E-state index in [2.05, 4.69) is 26.3 Å². The van der Waals surface area contributed by atoms with Crippen molar-refractivity contribution in [3.05, 3.63) is 30.4 Å². The van der Waals surface area contributed by atoms with E-state index in [9.17, 15) is 0 Å². The minimum atomic E-state index is 0.893. The van der Waals surface area contributed by atoms with E-state index >= 15 is 0 Å². The molecule has 0 atom stereocenters. The molecular weight excluding hydrogens is 176 g/mol. The predicted molar refractivity (Wildman–Crippen MR) is 54.5 cm³/mol. The van der Waals surface area contributed by atoms with Crippen LogP contribution in [0.3, 0.4) is 0 Å². The highest BCUT2D eigenvalue weighted by Gasteiger charge is 2.11. The van der Waals surface area contributed by atoms with Gasteiger partial charge in [-0.2, -0.15) is 0 Å². The Morgan fingerprint density at radius 3 is 3.21 bits per heavy atom. The molecule has 0 amide bonds. The van der Waals surface area contributed by atoms with E-state index in [4.69, 9.17) is 0 Å². The predicted octanol–water partition coefficient (Wildman–Crippen LogP) is 1.29. The molecule has 1 aliphatic heterocycles. The van der Waals surface area contributed by atoms with E-state index < -0.39 is 0 Å². The zero-order valence-electron chi connectivity index (χ0n) is 7.62. The highest BCUT2D eigenvalue weighted by molar-refractivity contribution is 5.89. The number of nitrogens with one attached hydrogen (secondary N) is 2. The number of nitrogens with zero attached hydrogens (tertiary/aromatic N) is 2. The Hall–Kier alpha value is -1.84. The highest BCUT2D eigenvalue weighted by Crippen LogP contribution is 2.23. The largest absolute Gasteiger partial charge is 0.384 e. The Labute approximate surface area is 81.1 Å². The summed E-state index contributed by atoms with van der Waals surface area (Å²) in [7, 11) is 0. The van der Waals surface area contributed by atoms with Crippen molar-refractivity contribution in [1.29, 1.82) is 0 Å². The van der Waals surface area contributed by atoms with Gasteiger partial charge in [-0.15, -0.1) is 0 Å². The maximum absolute atomic E-state index is 4.15. The molecule has 0 saturated heterocycles. The molecule has 0 spiro atoms. The van der Waals surface area contributed by atoms with Crippen LogP contribution in [-0.2, 0) is 0 Å². The van der Waals surface area contributed by atoms with Crippen molar-refractivity contribution < 1.29 is 0 Å². The maximum Gasteiger partial charge on any atom is 0.141 e. The van der Waals surface area contributed by atoms with Crippen LogP contribution in [0.15, 0.2) is 24.8 Å². The molecule has 0 aliphatic carbocycles. The molecule has 3 rings (SSSR count). The van der Waals surface area contributed by atoms with Gasteiger partial charge in [-0.05, 0) is 6.42 Å². The quantitative estimate of drug-likeness (QED) is 0.705. The minimum Gasteiger partial charge on any atom is -0.384 e. The lowest BCUT2D eigenvalue weighted by atomic mass is 10.2. The second-order valence-electron chi connectivity index (χ2n) is 3.32. The minimum absolute atomic E-state index is 0.893. The summed E-state index contributed by atoms with van der Waals surface area (Å²) in [5, 5.41) is 4.41. The van der Waals surface area contributed by atoms with Gasteiger partial charge in [0.2, 0.25) is 0 Å². The summed E-state index contributed by atoms with van der Waals surface area (Å²) < 4.78 is 0. The summed E-state index contributed by atoms with van der Waals surface area (Å²) in [6, 6.07) is 0. The van der Waals surface area contributed by atoms with Crippen LogP contribution in [0, 0.1) is 0 Å². The normalized spacial score (nSPS) is 15.6. The number of hydrogen-bond acceptors (Lipinski definition) is 3. The zero-order valence-corrected chi connectivity index (χ0v) is 7.62. The van der Waals surface area contributed by atoms with Crippen LogP contribution < -0.4 is 5.32 Å². The van der Waals surface area contributed by atoms with Gasteiger partial charge in [-0.25, -0.2) is 9.97 Å². The Kier molecular flexibility index (Phi) is 1.53. The second kappa shape index (κ2) is 2.83. The molecule has 0 radical (unpaired) electrons. The molecular formula is C10H10N4. The number of hydrogen-bond donors (Lipinski definition) is 2. The van der Waals surface area contributed by atoms with Gasteiger partial charge in [0, 0.05) is 35.6 Å². The average molecular weight is 186 g/mol. The van der Waals surface area contributed by atoms with Crippen LogP contribution >= 0.6 is 0 Å². The third kappa shape index (κ3) is 1.00. The van der Waals surface area contributed by atoms with Gasteiger partial charge in [-0.3, -0.25) is 0 Å². The average Bonchev–Trinajstić information content (AvgIpc) is 2.85. The lowest BCUT2D eigenvalue weighted by molar-refractivity contribution is 0.929. The van der Waals surface area contributed by atoms with Crippen molar-refractivity contribution in [2.75, 3.05) is 6.54 Å². The topological polar surface area (TPSA) is 53.6 Å². The summed E-state index contributed by atoms with van der Waals surface area (Å²) in [5.41, 5.74) is 3.24. The third-order valence-corrected chi connectivity index (χ3v) is 2.45. The Morgan fingerprint density at radius 2 is 2.36 bits per heavy atom. The SMILES string of the molecule is C1=C(c2c[nH]c3ncncc23)NCC1. The first kappa shape index (κ1) is 7.55. The summed E-state index contributed by atoms with van der Waals surface area (Å²) in [6.07, 6.45) is 8.67. The fourth-order valence-corrected chi connectivity index (χ4v) is 1.78. The van der Waals surface area contributed by atoms with Crippen molar-refractivity contribution in [3.8, 4) is 0 Å². The van der Waals surface area contributed by atoms with E-state index in [0.29, 0.717) is 0 Å². The summed E-state index contributed by atoms with van der Waals surface area (Å²) in [4.78, 5) is 11.3. The number of rotatable bonds is 1. The lowest BCUT2D eigenvalue weighted by Crippen LogP contribution is -2.05. The molecule has 0 fully saturated rings. The fourth-order valence-electron chi connectivity index (χ4n) is 1.78.